The van der Waals surface area contributed by atoms with E-state index in [1.54, 1.807) is 0 Å². The quantitative estimate of drug-likeness (QED) is 0.0215. The zero-order valence-electron chi connectivity index (χ0n) is 51.8. The van der Waals surface area contributed by atoms with E-state index in [1.807, 2.05) is 0 Å². The Morgan fingerprint density at radius 2 is 0.750 bits per heavy atom. The van der Waals surface area contributed by atoms with Gasteiger partial charge in [0.25, 0.3) is 0 Å². The summed E-state index contributed by atoms with van der Waals surface area (Å²) in [6.45, 7) is 3.47. The van der Waals surface area contributed by atoms with Crippen LogP contribution in [0.5, 0.6) is 0 Å². The van der Waals surface area contributed by atoms with Gasteiger partial charge in [0.05, 0.1) is 25.4 Å². The van der Waals surface area contributed by atoms with Crippen LogP contribution in [-0.2, 0) is 14.3 Å². The lowest BCUT2D eigenvalue weighted by Gasteiger charge is -2.40. The van der Waals surface area contributed by atoms with Gasteiger partial charge in [-0.3, -0.25) is 4.79 Å². The number of rotatable bonds is 59. The number of hydrogen-bond acceptors (Lipinski definition) is 10. The van der Waals surface area contributed by atoms with E-state index in [4.69, 9.17) is 9.47 Å². The molecule has 9 unspecified atom stereocenters. The van der Waals surface area contributed by atoms with Crippen molar-refractivity contribution in [3.63, 3.8) is 0 Å². The molecule has 1 saturated heterocycles. The molecule has 0 aliphatic carbocycles. The highest BCUT2D eigenvalue weighted by Gasteiger charge is 2.44. The van der Waals surface area contributed by atoms with Crippen LogP contribution in [0.15, 0.2) is 48.6 Å². The van der Waals surface area contributed by atoms with Gasteiger partial charge in [0.15, 0.2) is 6.29 Å². The molecular formula is C69H129NO10. The molecule has 1 amide bonds. The monoisotopic (exact) mass is 1130 g/mol. The Morgan fingerprint density at radius 3 is 1.11 bits per heavy atom. The van der Waals surface area contributed by atoms with Crippen molar-refractivity contribution in [2.45, 2.75) is 371 Å². The standard InChI is InChI=1S/C69H129NO10/c1-3-5-7-9-11-13-15-17-19-21-23-25-26-27-28-29-30-31-32-33-34-35-37-39-41-43-45-47-49-51-53-55-57-62(73)68(78)70-60(59-79-69-67(77)66(76)65(75)63(58-71)80-69)64(74)61(72)56-54-52-50-48-46-44-42-40-38-36-24-22-20-18-16-14-12-10-8-6-4-2/h22,24,27-28,40,42,48,50,60-67,69,71-77H,3-21,23,25-26,29-39,41,43-47,49,51-59H2,1-2H3,(H,70,78)/b24-22+,28-27-,42-40+,50-48+. The third kappa shape index (κ3) is 44.6. The Kier molecular flexibility index (Phi) is 54.7. The molecular weight excluding hydrogens is 1000 g/mol. The van der Waals surface area contributed by atoms with E-state index in [2.05, 4.69) is 67.8 Å². The van der Waals surface area contributed by atoms with Crippen molar-refractivity contribution >= 4 is 5.91 Å². The number of aliphatic hydroxyl groups excluding tert-OH is 7. The predicted molar refractivity (Wildman–Crippen MR) is 335 cm³/mol. The summed E-state index contributed by atoms with van der Waals surface area (Å²) in [4.78, 5) is 13.2. The minimum Gasteiger partial charge on any atom is -0.394 e. The van der Waals surface area contributed by atoms with Crippen LogP contribution in [0, 0.1) is 0 Å². The summed E-state index contributed by atoms with van der Waals surface area (Å²) >= 11 is 0. The van der Waals surface area contributed by atoms with Crippen molar-refractivity contribution in [2.75, 3.05) is 13.2 Å². The van der Waals surface area contributed by atoms with Gasteiger partial charge >= 0.3 is 0 Å². The zero-order chi connectivity index (χ0) is 58.2. The Labute approximate surface area is 491 Å². The van der Waals surface area contributed by atoms with Crippen LogP contribution in [0.3, 0.4) is 0 Å². The van der Waals surface area contributed by atoms with Gasteiger partial charge in [0.1, 0.15) is 36.6 Å². The lowest BCUT2D eigenvalue weighted by molar-refractivity contribution is -0.303. The second-order valence-corrected chi connectivity index (χ2v) is 23.9. The van der Waals surface area contributed by atoms with Gasteiger partial charge in [-0.05, 0) is 89.9 Å². The van der Waals surface area contributed by atoms with E-state index < -0.39 is 74.2 Å². The topological polar surface area (TPSA) is 189 Å². The number of aliphatic hydroxyl groups is 7. The van der Waals surface area contributed by atoms with Gasteiger partial charge in [-0.25, -0.2) is 0 Å². The number of ether oxygens (including phenoxy) is 2. The smallest absolute Gasteiger partial charge is 0.249 e. The molecule has 1 rings (SSSR count). The van der Waals surface area contributed by atoms with Crippen LogP contribution in [0.25, 0.3) is 0 Å². The third-order valence-corrected chi connectivity index (χ3v) is 16.3. The first-order valence-electron chi connectivity index (χ1n) is 34.0. The molecule has 11 heteroatoms. The number of carbonyl (C=O) groups excluding carboxylic acids is 1. The fraction of sp³-hybridized carbons (Fsp3) is 0.870. The first kappa shape index (κ1) is 76.1. The molecule has 8 N–H and O–H groups in total. The molecule has 0 aromatic heterocycles. The summed E-state index contributed by atoms with van der Waals surface area (Å²) in [7, 11) is 0. The molecule has 9 atom stereocenters. The van der Waals surface area contributed by atoms with E-state index in [-0.39, 0.29) is 12.8 Å². The summed E-state index contributed by atoms with van der Waals surface area (Å²) in [5.41, 5.74) is 0. The average molecular weight is 1130 g/mol. The summed E-state index contributed by atoms with van der Waals surface area (Å²) in [6.07, 6.45) is 63.4. The molecule has 11 nitrogen and oxygen atoms in total. The van der Waals surface area contributed by atoms with Crippen LogP contribution < -0.4 is 5.32 Å². The van der Waals surface area contributed by atoms with Crippen LogP contribution >= 0.6 is 0 Å². The van der Waals surface area contributed by atoms with Gasteiger partial charge in [-0.1, -0.05) is 274 Å². The summed E-state index contributed by atoms with van der Waals surface area (Å²) < 4.78 is 11.2. The van der Waals surface area contributed by atoms with Gasteiger partial charge in [-0.2, -0.15) is 0 Å². The van der Waals surface area contributed by atoms with Gasteiger partial charge in [-0.15, -0.1) is 0 Å². The fourth-order valence-corrected chi connectivity index (χ4v) is 10.8. The van der Waals surface area contributed by atoms with Crippen molar-refractivity contribution in [3.8, 4) is 0 Å². The summed E-state index contributed by atoms with van der Waals surface area (Å²) in [6, 6.07) is -1.20. The number of nitrogens with one attached hydrogen (secondary N) is 1. The van der Waals surface area contributed by atoms with Crippen LogP contribution in [0.1, 0.15) is 316 Å². The minimum absolute atomic E-state index is 0.241. The Hall–Kier alpha value is -1.93. The number of carbonyl (C=O) groups is 1. The molecule has 1 aliphatic heterocycles. The molecule has 1 heterocycles. The lowest BCUT2D eigenvalue weighted by Crippen LogP contribution is -2.60. The van der Waals surface area contributed by atoms with E-state index in [9.17, 15) is 40.5 Å². The van der Waals surface area contributed by atoms with Crippen LogP contribution in [0.2, 0.25) is 0 Å². The highest BCUT2D eigenvalue weighted by molar-refractivity contribution is 5.80. The largest absolute Gasteiger partial charge is 0.394 e. The summed E-state index contributed by atoms with van der Waals surface area (Å²) in [5, 5.41) is 76.4. The molecule has 470 valence electrons. The normalized spacial score (nSPS) is 19.5. The maximum Gasteiger partial charge on any atom is 0.249 e. The SMILES string of the molecule is CCCCCCCCCC/C=C/CC/C=C/CC/C=C/CCCC(O)C(O)C(COC1OC(CO)C(O)C(O)C1O)NC(=O)C(O)CCCCCCCCCCCCCCCCCC/C=C\CCCCCCCCCCCCCC. The van der Waals surface area contributed by atoms with Crippen molar-refractivity contribution in [1.29, 1.82) is 0 Å². The van der Waals surface area contributed by atoms with Crippen LogP contribution in [-0.4, -0.2) is 110 Å². The molecule has 0 bridgehead atoms. The molecule has 1 aliphatic rings. The number of unbranched alkanes of at least 4 members (excludes halogenated alkanes) is 39. The highest BCUT2D eigenvalue weighted by Crippen LogP contribution is 2.24. The molecule has 0 spiro atoms. The van der Waals surface area contributed by atoms with Gasteiger partial charge < -0.3 is 50.5 Å². The third-order valence-electron chi connectivity index (χ3n) is 16.3. The maximum absolute atomic E-state index is 13.2. The molecule has 0 radical (unpaired) electrons. The first-order chi connectivity index (χ1) is 39.2. The van der Waals surface area contributed by atoms with Crippen LogP contribution in [0.4, 0.5) is 0 Å². The van der Waals surface area contributed by atoms with Crippen molar-refractivity contribution in [2.24, 2.45) is 0 Å². The Balaban J connectivity index is 2.22. The number of allylic oxidation sites excluding steroid dienone is 8. The van der Waals surface area contributed by atoms with E-state index >= 15 is 0 Å². The molecule has 1 fully saturated rings. The second-order valence-electron chi connectivity index (χ2n) is 23.9. The first-order valence-corrected chi connectivity index (χ1v) is 34.0. The fourth-order valence-electron chi connectivity index (χ4n) is 10.8. The van der Waals surface area contributed by atoms with Crippen molar-refractivity contribution < 1.29 is 50.0 Å². The predicted octanol–water partition coefficient (Wildman–Crippen LogP) is 16.0. The van der Waals surface area contributed by atoms with E-state index in [1.165, 1.54) is 225 Å². The van der Waals surface area contributed by atoms with Gasteiger partial charge in [0.2, 0.25) is 5.91 Å². The summed E-state index contributed by atoms with van der Waals surface area (Å²) in [5.74, 6) is -0.709. The zero-order valence-corrected chi connectivity index (χ0v) is 51.8. The molecule has 0 saturated carbocycles. The van der Waals surface area contributed by atoms with E-state index in [0.29, 0.717) is 19.3 Å². The molecule has 0 aromatic rings. The average Bonchev–Trinajstić information content (AvgIpc) is 3.48. The second kappa shape index (κ2) is 57.5. The maximum atomic E-state index is 13.2. The number of amides is 1. The van der Waals surface area contributed by atoms with Crippen molar-refractivity contribution in [3.05, 3.63) is 48.6 Å². The number of hydrogen-bond donors (Lipinski definition) is 8. The van der Waals surface area contributed by atoms with Gasteiger partial charge in [0, 0.05) is 0 Å². The van der Waals surface area contributed by atoms with E-state index in [0.717, 1.165) is 44.9 Å². The molecule has 0 aromatic carbocycles. The lowest BCUT2D eigenvalue weighted by atomic mass is 9.98. The highest BCUT2D eigenvalue weighted by atomic mass is 16.7. The van der Waals surface area contributed by atoms with Crippen molar-refractivity contribution in [1.82, 2.24) is 5.32 Å². The molecule has 80 heavy (non-hydrogen) atoms. The Morgan fingerprint density at radius 1 is 0.425 bits per heavy atom. The Bertz CT molecular complexity index is 1440. The minimum atomic E-state index is -1.67.